The van der Waals surface area contributed by atoms with Crippen molar-refractivity contribution in [2.24, 2.45) is 5.92 Å². The maximum atomic E-state index is 13.3. The highest BCUT2D eigenvalue weighted by Crippen LogP contribution is 2.36. The average Bonchev–Trinajstić information content (AvgIpc) is 3.55. The third-order valence-corrected chi connectivity index (χ3v) is 8.09. The lowest BCUT2D eigenvalue weighted by atomic mass is 9.87. The van der Waals surface area contributed by atoms with Crippen LogP contribution in [0, 0.1) is 5.92 Å². The number of benzene rings is 2. The van der Waals surface area contributed by atoms with Gasteiger partial charge in [-0.3, -0.25) is 4.79 Å². The van der Waals surface area contributed by atoms with Gasteiger partial charge in [0.25, 0.3) is 5.91 Å². The molecule has 2 unspecified atom stereocenters. The number of nitrogens with zero attached hydrogens (tertiary/aromatic N) is 2. The molecular weight excluding hydrogens is 428 g/mol. The highest BCUT2D eigenvalue weighted by Gasteiger charge is 2.38. The molecule has 0 aliphatic carbocycles. The zero-order valence-electron chi connectivity index (χ0n) is 19.2. The van der Waals surface area contributed by atoms with Crippen LogP contribution >= 0.6 is 11.3 Å². The van der Waals surface area contributed by atoms with E-state index >= 15 is 0 Å². The summed E-state index contributed by atoms with van der Waals surface area (Å²) in [6, 6.07) is 20.7. The number of hydrogen-bond acceptors (Lipinski definition) is 4. The minimum atomic E-state index is 0.128. The van der Waals surface area contributed by atoms with Gasteiger partial charge in [0.15, 0.2) is 0 Å². The molecule has 0 saturated carbocycles. The van der Waals surface area contributed by atoms with Crippen molar-refractivity contribution in [1.29, 1.82) is 0 Å². The summed E-state index contributed by atoms with van der Waals surface area (Å²) in [6.45, 7) is 4.96. The number of rotatable bonds is 6. The fourth-order valence-electron chi connectivity index (χ4n) is 5.51. The van der Waals surface area contributed by atoms with E-state index in [1.165, 1.54) is 24.0 Å². The van der Waals surface area contributed by atoms with E-state index in [9.17, 15) is 4.79 Å². The molecule has 4 nitrogen and oxygen atoms in total. The molecule has 1 amide bonds. The number of thiophene rings is 1. The Kier molecular flexibility index (Phi) is 6.79. The summed E-state index contributed by atoms with van der Waals surface area (Å²) < 4.78 is 5.25. The van der Waals surface area contributed by atoms with Crippen LogP contribution in [0.5, 0.6) is 5.75 Å². The quantitative estimate of drug-likeness (QED) is 0.487. The van der Waals surface area contributed by atoms with Crippen LogP contribution < -0.4 is 4.74 Å². The molecule has 0 bridgehead atoms. The Morgan fingerprint density at radius 3 is 2.39 bits per heavy atom. The van der Waals surface area contributed by atoms with Crippen LogP contribution in [0.15, 0.2) is 71.4 Å². The van der Waals surface area contributed by atoms with Crippen molar-refractivity contribution < 1.29 is 9.53 Å². The van der Waals surface area contributed by atoms with Gasteiger partial charge in [-0.1, -0.05) is 30.3 Å². The van der Waals surface area contributed by atoms with Crippen molar-refractivity contribution in [2.45, 2.75) is 24.7 Å². The maximum absolute atomic E-state index is 13.3. The smallest absolute Gasteiger partial charge is 0.253 e. The number of likely N-dealkylation sites (tertiary alicyclic amines) is 2. The molecule has 0 N–H and O–H groups in total. The fourth-order valence-corrected chi connectivity index (χ4v) is 6.23. The van der Waals surface area contributed by atoms with Gasteiger partial charge in [0, 0.05) is 31.1 Å². The first-order valence-electron chi connectivity index (χ1n) is 11.9. The highest BCUT2D eigenvalue weighted by atomic mass is 32.1. The standard InChI is InChI=1S/C28H32N2O2S/c1-32-26-9-7-23(8-10-26)28(31)30-18-25(27(19-30)24-13-16-33-20-24)17-29-14-11-22(12-15-29)21-5-3-2-4-6-21/h2-10,13,16,20,22,25,27H,11-12,14-15,17-19H2,1H3. The molecule has 2 fully saturated rings. The third-order valence-electron chi connectivity index (χ3n) is 7.39. The summed E-state index contributed by atoms with van der Waals surface area (Å²) in [5, 5.41) is 4.42. The fraction of sp³-hybridized carbons (Fsp3) is 0.393. The number of carbonyl (C=O) groups excluding carboxylic acids is 1. The topological polar surface area (TPSA) is 32.8 Å². The molecular formula is C28H32N2O2S. The highest BCUT2D eigenvalue weighted by molar-refractivity contribution is 7.08. The summed E-state index contributed by atoms with van der Waals surface area (Å²) in [4.78, 5) is 18.0. The van der Waals surface area contributed by atoms with Crippen molar-refractivity contribution in [3.63, 3.8) is 0 Å². The second-order valence-corrected chi connectivity index (χ2v) is 10.1. The van der Waals surface area contributed by atoms with Gasteiger partial charge < -0.3 is 14.5 Å². The predicted octanol–water partition coefficient (Wildman–Crippen LogP) is 5.49. The summed E-state index contributed by atoms with van der Waals surface area (Å²) in [7, 11) is 1.65. The van der Waals surface area contributed by atoms with Crippen molar-refractivity contribution in [3.8, 4) is 5.75 Å². The van der Waals surface area contributed by atoms with Crippen molar-refractivity contribution in [3.05, 3.63) is 88.1 Å². The first kappa shape index (κ1) is 22.2. The van der Waals surface area contributed by atoms with Crippen LogP contribution in [-0.4, -0.2) is 55.5 Å². The zero-order chi connectivity index (χ0) is 22.6. The molecule has 0 spiro atoms. The monoisotopic (exact) mass is 460 g/mol. The first-order chi connectivity index (χ1) is 16.2. The van der Waals surface area contributed by atoms with Crippen LogP contribution in [0.25, 0.3) is 0 Å². The average molecular weight is 461 g/mol. The molecule has 2 aliphatic heterocycles. The van der Waals surface area contributed by atoms with E-state index < -0.39 is 0 Å². The van der Waals surface area contributed by atoms with Crippen LogP contribution in [0.1, 0.15) is 46.2 Å². The lowest BCUT2D eigenvalue weighted by Crippen LogP contribution is -2.38. The van der Waals surface area contributed by atoms with Gasteiger partial charge in [0.2, 0.25) is 0 Å². The molecule has 2 saturated heterocycles. The van der Waals surface area contributed by atoms with E-state index in [0.29, 0.717) is 17.8 Å². The minimum Gasteiger partial charge on any atom is -0.497 e. The number of piperidine rings is 1. The molecule has 2 aromatic carbocycles. The van der Waals surface area contributed by atoms with Gasteiger partial charge in [0.05, 0.1) is 7.11 Å². The van der Waals surface area contributed by atoms with E-state index in [-0.39, 0.29) is 5.91 Å². The number of carbonyl (C=O) groups is 1. The van der Waals surface area contributed by atoms with Crippen LogP contribution in [0.4, 0.5) is 0 Å². The van der Waals surface area contributed by atoms with Gasteiger partial charge in [-0.2, -0.15) is 11.3 Å². The molecule has 3 aromatic rings. The number of methoxy groups -OCH3 is 1. The normalized spacial score (nSPS) is 21.9. The second-order valence-electron chi connectivity index (χ2n) is 9.35. The Morgan fingerprint density at radius 1 is 0.970 bits per heavy atom. The maximum Gasteiger partial charge on any atom is 0.253 e. The van der Waals surface area contributed by atoms with E-state index in [1.54, 1.807) is 18.4 Å². The molecule has 2 aliphatic rings. The first-order valence-corrected chi connectivity index (χ1v) is 12.9. The summed E-state index contributed by atoms with van der Waals surface area (Å²) in [6.07, 6.45) is 2.43. The van der Waals surface area contributed by atoms with Gasteiger partial charge >= 0.3 is 0 Å². The Hall–Kier alpha value is -2.63. The molecule has 2 atom stereocenters. The molecule has 3 heterocycles. The molecule has 172 valence electrons. The summed E-state index contributed by atoms with van der Waals surface area (Å²) in [5.74, 6) is 2.45. The molecule has 0 radical (unpaired) electrons. The second kappa shape index (κ2) is 10.1. The van der Waals surface area contributed by atoms with Crippen LogP contribution in [0.2, 0.25) is 0 Å². The van der Waals surface area contributed by atoms with Crippen molar-refractivity contribution >= 4 is 17.2 Å². The van der Waals surface area contributed by atoms with E-state index in [2.05, 4.69) is 57.0 Å². The predicted molar refractivity (Wildman–Crippen MR) is 134 cm³/mol. The Balaban J connectivity index is 1.25. The lowest BCUT2D eigenvalue weighted by Gasteiger charge is -2.34. The lowest BCUT2D eigenvalue weighted by molar-refractivity contribution is 0.0781. The Labute approximate surface area is 200 Å². The molecule has 5 heteroatoms. The van der Waals surface area contributed by atoms with Crippen molar-refractivity contribution in [2.75, 3.05) is 39.8 Å². The van der Waals surface area contributed by atoms with E-state index in [4.69, 9.17) is 4.74 Å². The van der Waals surface area contributed by atoms with Gasteiger partial charge in [-0.25, -0.2) is 0 Å². The van der Waals surface area contributed by atoms with Gasteiger partial charge in [-0.15, -0.1) is 0 Å². The number of amides is 1. The third kappa shape index (κ3) is 4.99. The van der Waals surface area contributed by atoms with Gasteiger partial charge in [0.1, 0.15) is 5.75 Å². The number of ether oxygens (including phenoxy) is 1. The summed E-state index contributed by atoms with van der Waals surface area (Å²) in [5.41, 5.74) is 3.60. The van der Waals surface area contributed by atoms with Crippen LogP contribution in [-0.2, 0) is 0 Å². The van der Waals surface area contributed by atoms with E-state index in [0.717, 1.165) is 44.0 Å². The van der Waals surface area contributed by atoms with E-state index in [1.807, 2.05) is 24.3 Å². The molecule has 1 aromatic heterocycles. The zero-order valence-corrected chi connectivity index (χ0v) is 20.0. The minimum absolute atomic E-state index is 0.128. The molecule has 5 rings (SSSR count). The van der Waals surface area contributed by atoms with Gasteiger partial charge in [-0.05, 0) is 90.0 Å². The Morgan fingerprint density at radius 2 is 1.73 bits per heavy atom. The van der Waals surface area contributed by atoms with Crippen LogP contribution in [0.3, 0.4) is 0 Å². The summed E-state index contributed by atoms with van der Waals surface area (Å²) >= 11 is 1.75. The number of hydrogen-bond donors (Lipinski definition) is 0. The van der Waals surface area contributed by atoms with Crippen molar-refractivity contribution in [1.82, 2.24) is 9.80 Å². The molecule has 33 heavy (non-hydrogen) atoms. The SMILES string of the molecule is COc1ccc(C(=O)N2CC(CN3CCC(c4ccccc4)CC3)C(c3ccsc3)C2)cc1. The largest absolute Gasteiger partial charge is 0.497 e. The Bertz CT molecular complexity index is 1030.